The highest BCUT2D eigenvalue weighted by atomic mass is 16.3. The number of aryl methyl sites for hydroxylation is 1. The highest BCUT2D eigenvalue weighted by molar-refractivity contribution is 6.08. The lowest BCUT2D eigenvalue weighted by Crippen LogP contribution is -2.37. The molecule has 1 aliphatic rings. The first-order valence-electron chi connectivity index (χ1n) is 9.09. The van der Waals surface area contributed by atoms with Gasteiger partial charge in [-0.2, -0.15) is 0 Å². The summed E-state index contributed by atoms with van der Waals surface area (Å²) in [6, 6.07) is 11.2. The van der Waals surface area contributed by atoms with Crippen LogP contribution in [0.3, 0.4) is 0 Å². The van der Waals surface area contributed by atoms with Gasteiger partial charge in [0.05, 0.1) is 6.61 Å². The van der Waals surface area contributed by atoms with E-state index in [4.69, 9.17) is 0 Å². The smallest absolute Gasteiger partial charge is 0.258 e. The van der Waals surface area contributed by atoms with E-state index in [9.17, 15) is 14.7 Å². The van der Waals surface area contributed by atoms with Gasteiger partial charge >= 0.3 is 0 Å². The van der Waals surface area contributed by atoms with Gasteiger partial charge in [-0.1, -0.05) is 30.8 Å². The molecule has 5 heteroatoms. The van der Waals surface area contributed by atoms with Crippen LogP contribution in [0.25, 0.3) is 0 Å². The highest BCUT2D eigenvalue weighted by Gasteiger charge is 2.26. The molecule has 3 rings (SSSR count). The normalized spacial score (nSPS) is 13.0. The number of benzene rings is 2. The maximum atomic E-state index is 13.3. The largest absolute Gasteiger partial charge is 0.392 e. The van der Waals surface area contributed by atoms with E-state index < -0.39 is 0 Å². The second-order valence-electron chi connectivity index (χ2n) is 6.66. The van der Waals surface area contributed by atoms with Gasteiger partial charge in [0.25, 0.3) is 5.91 Å². The van der Waals surface area contributed by atoms with Gasteiger partial charge < -0.3 is 15.3 Å². The Kier molecular flexibility index (Phi) is 5.72. The summed E-state index contributed by atoms with van der Waals surface area (Å²) in [7, 11) is 0. The van der Waals surface area contributed by atoms with Crippen LogP contribution in [0, 0.1) is 6.92 Å². The summed E-state index contributed by atoms with van der Waals surface area (Å²) in [6.45, 7) is 6.29. The number of hydrogen-bond donors (Lipinski definition) is 2. The van der Waals surface area contributed by atoms with E-state index in [0.29, 0.717) is 12.1 Å². The monoisotopic (exact) mass is 364 g/mol. The van der Waals surface area contributed by atoms with Gasteiger partial charge in [0, 0.05) is 24.3 Å². The van der Waals surface area contributed by atoms with E-state index in [0.717, 1.165) is 40.8 Å². The molecule has 0 fully saturated rings. The molecule has 0 saturated heterocycles. The van der Waals surface area contributed by atoms with Crippen LogP contribution in [-0.2, 0) is 24.4 Å². The summed E-state index contributed by atoms with van der Waals surface area (Å²) in [6.07, 6.45) is 2.92. The van der Waals surface area contributed by atoms with Crippen LogP contribution < -0.4 is 10.2 Å². The average molecular weight is 364 g/mol. The summed E-state index contributed by atoms with van der Waals surface area (Å²) in [5, 5.41) is 12.5. The molecule has 0 bridgehead atoms. The fraction of sp³-hybridized carbons (Fsp3) is 0.273. The van der Waals surface area contributed by atoms with E-state index in [2.05, 4.69) is 11.9 Å². The number of carbonyl (C=O) groups is 2. The number of aliphatic hydroxyl groups excluding tert-OH is 1. The van der Waals surface area contributed by atoms with Crippen LogP contribution in [0.4, 0.5) is 5.69 Å². The minimum absolute atomic E-state index is 0.0266. The number of amides is 2. The van der Waals surface area contributed by atoms with Gasteiger partial charge in [0.1, 0.15) is 0 Å². The third-order valence-corrected chi connectivity index (χ3v) is 5.03. The van der Waals surface area contributed by atoms with Crippen molar-refractivity contribution < 1.29 is 14.7 Å². The Labute approximate surface area is 159 Å². The van der Waals surface area contributed by atoms with Crippen LogP contribution in [0.1, 0.15) is 39.0 Å². The zero-order valence-corrected chi connectivity index (χ0v) is 15.5. The van der Waals surface area contributed by atoms with Gasteiger partial charge in [-0.15, -0.1) is 0 Å². The van der Waals surface area contributed by atoms with Crippen molar-refractivity contribution in [2.75, 3.05) is 11.4 Å². The van der Waals surface area contributed by atoms with Crippen LogP contribution in [-0.4, -0.2) is 23.5 Å². The molecular weight excluding hydrogens is 340 g/mol. The van der Waals surface area contributed by atoms with Crippen LogP contribution in [0.5, 0.6) is 0 Å². The quantitative estimate of drug-likeness (QED) is 0.802. The number of aliphatic hydroxyl groups is 1. The molecule has 1 heterocycles. The van der Waals surface area contributed by atoms with Crippen molar-refractivity contribution in [3.63, 3.8) is 0 Å². The van der Waals surface area contributed by atoms with Gasteiger partial charge in [-0.25, -0.2) is 0 Å². The van der Waals surface area contributed by atoms with Crippen LogP contribution in [0.15, 0.2) is 49.1 Å². The molecule has 5 nitrogen and oxygen atoms in total. The Hall–Kier alpha value is -2.92. The fourth-order valence-corrected chi connectivity index (χ4v) is 3.58. The molecule has 140 valence electrons. The van der Waals surface area contributed by atoms with Crippen molar-refractivity contribution in [2.24, 2.45) is 0 Å². The number of fused-ring (bicyclic) bond motifs is 1. The van der Waals surface area contributed by atoms with Crippen LogP contribution >= 0.6 is 0 Å². The number of nitrogens with one attached hydrogen (secondary N) is 1. The predicted octanol–water partition coefficient (Wildman–Crippen LogP) is 2.88. The number of nitrogens with zero attached hydrogens (tertiary/aromatic N) is 1. The highest BCUT2D eigenvalue weighted by Crippen LogP contribution is 2.33. The molecule has 2 aromatic carbocycles. The van der Waals surface area contributed by atoms with Gasteiger partial charge in [-0.05, 0) is 60.2 Å². The second kappa shape index (κ2) is 8.18. The molecule has 2 N–H and O–H groups in total. The van der Waals surface area contributed by atoms with Crippen molar-refractivity contribution in [2.45, 2.75) is 32.9 Å². The Morgan fingerprint density at radius 2 is 2.04 bits per heavy atom. The van der Waals surface area contributed by atoms with E-state index in [-0.39, 0.29) is 25.0 Å². The summed E-state index contributed by atoms with van der Waals surface area (Å²) < 4.78 is 0. The first kappa shape index (κ1) is 18.9. The molecule has 0 spiro atoms. The zero-order valence-electron chi connectivity index (χ0n) is 15.5. The van der Waals surface area contributed by atoms with Crippen molar-refractivity contribution in [1.29, 1.82) is 0 Å². The molecule has 1 aliphatic heterocycles. The van der Waals surface area contributed by atoms with Gasteiger partial charge in [-0.3, -0.25) is 9.59 Å². The SMILES string of the molecule is C=CC(=O)NCc1ccccc1C(=O)N1CCCc2c1ccc(C)c2CO. The molecule has 0 radical (unpaired) electrons. The minimum Gasteiger partial charge on any atom is -0.392 e. The summed E-state index contributed by atoms with van der Waals surface area (Å²) >= 11 is 0. The predicted molar refractivity (Wildman–Crippen MR) is 106 cm³/mol. The Balaban J connectivity index is 1.95. The molecule has 0 saturated carbocycles. The molecule has 2 aromatic rings. The van der Waals surface area contributed by atoms with Crippen molar-refractivity contribution in [1.82, 2.24) is 5.32 Å². The summed E-state index contributed by atoms with van der Waals surface area (Å²) in [5.74, 6) is -0.365. The number of carbonyl (C=O) groups excluding carboxylic acids is 2. The molecule has 0 atom stereocenters. The molecule has 2 amide bonds. The molecular formula is C22H24N2O3. The first-order chi connectivity index (χ1) is 13.1. The lowest BCUT2D eigenvalue weighted by molar-refractivity contribution is -0.116. The van der Waals surface area contributed by atoms with Crippen molar-refractivity contribution in [3.8, 4) is 0 Å². The summed E-state index contributed by atoms with van der Waals surface area (Å²) in [4.78, 5) is 26.6. The Morgan fingerprint density at radius 1 is 1.26 bits per heavy atom. The zero-order chi connectivity index (χ0) is 19.4. The lowest BCUT2D eigenvalue weighted by atomic mass is 9.92. The maximum Gasteiger partial charge on any atom is 0.258 e. The maximum absolute atomic E-state index is 13.3. The third-order valence-electron chi connectivity index (χ3n) is 5.03. The van der Waals surface area contributed by atoms with E-state index in [1.54, 1.807) is 11.0 Å². The van der Waals surface area contributed by atoms with Crippen LogP contribution in [0.2, 0.25) is 0 Å². The van der Waals surface area contributed by atoms with Crippen molar-refractivity contribution >= 4 is 17.5 Å². The van der Waals surface area contributed by atoms with E-state index in [1.165, 1.54) is 6.08 Å². The molecule has 0 aliphatic carbocycles. The molecule has 0 aromatic heterocycles. The van der Waals surface area contributed by atoms with Gasteiger partial charge in [0.2, 0.25) is 5.91 Å². The van der Waals surface area contributed by atoms with E-state index in [1.807, 2.05) is 37.3 Å². The van der Waals surface area contributed by atoms with Crippen molar-refractivity contribution in [3.05, 3.63) is 76.9 Å². The van der Waals surface area contributed by atoms with E-state index >= 15 is 0 Å². The fourth-order valence-electron chi connectivity index (χ4n) is 3.58. The average Bonchev–Trinajstić information content (AvgIpc) is 2.71. The first-order valence-corrected chi connectivity index (χ1v) is 9.09. The number of hydrogen-bond acceptors (Lipinski definition) is 3. The molecule has 27 heavy (non-hydrogen) atoms. The minimum atomic E-state index is -0.274. The number of rotatable bonds is 5. The third kappa shape index (κ3) is 3.78. The lowest BCUT2D eigenvalue weighted by Gasteiger charge is -2.32. The second-order valence-corrected chi connectivity index (χ2v) is 6.66. The van der Waals surface area contributed by atoms with Gasteiger partial charge in [0.15, 0.2) is 0 Å². The topological polar surface area (TPSA) is 69.6 Å². The summed E-state index contributed by atoms with van der Waals surface area (Å²) in [5.41, 5.74) is 5.20. The Bertz CT molecular complexity index is 889. The standard InChI is InChI=1S/C22H24N2O3/c1-3-21(26)23-13-16-7-4-5-8-17(16)22(27)24-12-6-9-18-19(14-25)15(2)10-11-20(18)24/h3-5,7-8,10-11,25H,1,6,9,12-14H2,2H3,(H,23,26). The molecule has 0 unspecified atom stereocenters. The number of anilines is 1. The Morgan fingerprint density at radius 3 is 2.78 bits per heavy atom.